The highest BCUT2D eigenvalue weighted by Crippen LogP contribution is 2.40. The van der Waals surface area contributed by atoms with Crippen LogP contribution in [0.2, 0.25) is 5.02 Å². The first kappa shape index (κ1) is 19.8. The predicted molar refractivity (Wildman–Crippen MR) is 102 cm³/mol. The maximum absolute atomic E-state index is 14.1. The summed E-state index contributed by atoms with van der Waals surface area (Å²) < 4.78 is 29.8. The molecule has 1 aliphatic heterocycles. The topological polar surface area (TPSA) is 78.4 Å². The molecule has 3 rings (SSSR count). The van der Waals surface area contributed by atoms with Crippen LogP contribution in [-0.2, 0) is 9.63 Å². The Morgan fingerprint density at radius 3 is 2.46 bits per heavy atom. The minimum atomic E-state index is -0.926. The van der Waals surface area contributed by atoms with E-state index in [1.54, 1.807) is 18.2 Å². The van der Waals surface area contributed by atoms with Crippen LogP contribution in [0.15, 0.2) is 35.5 Å². The van der Waals surface area contributed by atoms with Gasteiger partial charge >= 0.3 is 0 Å². The number of halogens is 2. The molecule has 0 saturated carbocycles. The number of ether oxygens (including phenoxy) is 3. The van der Waals surface area contributed by atoms with E-state index in [4.69, 9.17) is 30.6 Å². The Morgan fingerprint density at radius 2 is 1.89 bits per heavy atom. The fourth-order valence-electron chi connectivity index (χ4n) is 2.82. The number of nitrogens with zero attached hydrogens (tertiary/aromatic N) is 1. The number of oxime groups is 1. The van der Waals surface area contributed by atoms with E-state index in [9.17, 15) is 9.18 Å². The predicted octanol–water partition coefficient (Wildman–Crippen LogP) is 3.64. The molecule has 9 heteroatoms. The highest BCUT2D eigenvalue weighted by molar-refractivity contribution is 6.34. The van der Waals surface area contributed by atoms with E-state index in [0.29, 0.717) is 22.9 Å². The molecule has 0 spiro atoms. The van der Waals surface area contributed by atoms with Gasteiger partial charge in [-0.2, -0.15) is 0 Å². The molecular formula is C19H18ClFN2O5. The zero-order valence-electron chi connectivity index (χ0n) is 15.4. The number of methoxy groups -OCH3 is 3. The summed E-state index contributed by atoms with van der Waals surface area (Å²) in [5.74, 6) is 0.195. The largest absolute Gasteiger partial charge is 0.493 e. The van der Waals surface area contributed by atoms with Gasteiger partial charge in [-0.3, -0.25) is 4.79 Å². The average molecular weight is 409 g/mol. The number of nitrogens with one attached hydrogen (secondary N) is 1. The lowest BCUT2D eigenvalue weighted by molar-refractivity contribution is -0.125. The van der Waals surface area contributed by atoms with Crippen molar-refractivity contribution in [3.05, 3.63) is 46.7 Å². The quantitative estimate of drug-likeness (QED) is 0.789. The van der Waals surface area contributed by atoms with Crippen molar-refractivity contribution < 1.29 is 28.2 Å². The van der Waals surface area contributed by atoms with Crippen molar-refractivity contribution in [3.8, 4) is 17.2 Å². The van der Waals surface area contributed by atoms with Gasteiger partial charge in [0, 0.05) is 24.2 Å². The maximum Gasteiger partial charge on any atom is 0.268 e. The van der Waals surface area contributed by atoms with Gasteiger partial charge in [0.2, 0.25) is 11.9 Å². The van der Waals surface area contributed by atoms with Gasteiger partial charge in [-0.25, -0.2) is 4.39 Å². The summed E-state index contributed by atoms with van der Waals surface area (Å²) in [5.41, 5.74) is 0.820. The number of hydrogen-bond donors (Lipinski definition) is 1. The molecule has 1 atom stereocenters. The Balaban J connectivity index is 1.75. The van der Waals surface area contributed by atoms with Crippen LogP contribution in [0, 0.1) is 5.82 Å². The maximum atomic E-state index is 14.1. The van der Waals surface area contributed by atoms with Gasteiger partial charge in [0.1, 0.15) is 5.82 Å². The van der Waals surface area contributed by atoms with Gasteiger partial charge in [-0.1, -0.05) is 22.8 Å². The molecule has 1 heterocycles. The molecule has 0 fully saturated rings. The third-order valence-electron chi connectivity index (χ3n) is 4.14. The first-order chi connectivity index (χ1) is 13.5. The first-order valence-corrected chi connectivity index (χ1v) is 8.64. The second-order valence-electron chi connectivity index (χ2n) is 5.84. The zero-order chi connectivity index (χ0) is 20.3. The van der Waals surface area contributed by atoms with Gasteiger partial charge in [0.05, 0.1) is 37.6 Å². The molecule has 1 N–H and O–H groups in total. The molecule has 7 nitrogen and oxygen atoms in total. The lowest BCUT2D eigenvalue weighted by Crippen LogP contribution is -2.28. The molecule has 0 unspecified atom stereocenters. The highest BCUT2D eigenvalue weighted by atomic mass is 35.5. The van der Waals surface area contributed by atoms with E-state index in [1.165, 1.54) is 33.5 Å². The Bertz CT molecular complexity index is 889. The second kappa shape index (κ2) is 8.35. The Morgan fingerprint density at radius 1 is 1.21 bits per heavy atom. The van der Waals surface area contributed by atoms with Crippen molar-refractivity contribution in [2.45, 2.75) is 12.5 Å². The molecule has 0 radical (unpaired) electrons. The summed E-state index contributed by atoms with van der Waals surface area (Å²) in [5, 5.41) is 6.74. The van der Waals surface area contributed by atoms with E-state index in [0.717, 1.165) is 0 Å². The third-order valence-corrected chi connectivity index (χ3v) is 4.46. The molecule has 2 aromatic carbocycles. The number of hydrogen-bond acceptors (Lipinski definition) is 6. The molecule has 1 aliphatic rings. The molecule has 0 aliphatic carbocycles. The molecule has 0 aromatic heterocycles. The van der Waals surface area contributed by atoms with E-state index in [2.05, 4.69) is 10.5 Å². The average Bonchev–Trinajstić information content (AvgIpc) is 3.16. The number of anilines is 1. The summed E-state index contributed by atoms with van der Waals surface area (Å²) in [6.07, 6.45) is -0.846. The van der Waals surface area contributed by atoms with Gasteiger partial charge in [-0.05, 0) is 12.1 Å². The third kappa shape index (κ3) is 3.82. The Kier molecular flexibility index (Phi) is 5.89. The fourth-order valence-corrected chi connectivity index (χ4v) is 3.09. The van der Waals surface area contributed by atoms with E-state index < -0.39 is 17.8 Å². The zero-order valence-corrected chi connectivity index (χ0v) is 16.2. The normalized spacial score (nSPS) is 15.5. The molecule has 0 bridgehead atoms. The molecule has 0 saturated heterocycles. The van der Waals surface area contributed by atoms with Crippen LogP contribution in [0.1, 0.15) is 12.0 Å². The molecule has 148 valence electrons. The van der Waals surface area contributed by atoms with Crippen LogP contribution >= 0.6 is 11.6 Å². The molecule has 1 amide bonds. The highest BCUT2D eigenvalue weighted by Gasteiger charge is 2.31. The summed E-state index contributed by atoms with van der Waals surface area (Å²) >= 11 is 6.05. The van der Waals surface area contributed by atoms with Crippen LogP contribution in [0.3, 0.4) is 0 Å². The fraction of sp³-hybridized carbons (Fsp3) is 0.263. The van der Waals surface area contributed by atoms with Crippen molar-refractivity contribution in [2.75, 3.05) is 26.6 Å². The van der Waals surface area contributed by atoms with Gasteiger partial charge in [0.25, 0.3) is 5.91 Å². The summed E-state index contributed by atoms with van der Waals surface area (Å²) in [7, 11) is 4.43. The number of carbonyl (C=O) groups excluding carboxylic acids is 1. The van der Waals surface area contributed by atoms with Crippen molar-refractivity contribution in [3.63, 3.8) is 0 Å². The van der Waals surface area contributed by atoms with Gasteiger partial charge in [-0.15, -0.1) is 0 Å². The van der Waals surface area contributed by atoms with Crippen molar-refractivity contribution in [1.29, 1.82) is 0 Å². The SMILES string of the molecule is COc1cc(NC(=O)[C@H]2CC(c3c(F)cccc3Cl)=NO2)cc(OC)c1OC. The molecule has 28 heavy (non-hydrogen) atoms. The van der Waals surface area contributed by atoms with Crippen molar-refractivity contribution >= 4 is 28.9 Å². The van der Waals surface area contributed by atoms with Gasteiger partial charge in [0.15, 0.2) is 11.5 Å². The Labute approximate surface area is 166 Å². The van der Waals surface area contributed by atoms with E-state index in [-0.39, 0.29) is 22.7 Å². The van der Waals surface area contributed by atoms with E-state index >= 15 is 0 Å². The van der Waals surface area contributed by atoms with Crippen molar-refractivity contribution in [2.24, 2.45) is 5.16 Å². The van der Waals surface area contributed by atoms with Crippen molar-refractivity contribution in [1.82, 2.24) is 0 Å². The standard InChI is InChI=1S/C19H18ClFN2O5/c1-25-14-7-10(8-15(26-2)18(14)27-3)22-19(24)16-9-13(23-28-16)17-11(20)5-4-6-12(17)21/h4-8,16H,9H2,1-3H3,(H,22,24)/t16-/m1/s1. The number of rotatable bonds is 6. The lowest BCUT2D eigenvalue weighted by atomic mass is 10.0. The van der Waals surface area contributed by atoms with Gasteiger partial charge < -0.3 is 24.4 Å². The summed E-state index contributed by atoms with van der Waals surface area (Å²) in [6.45, 7) is 0. The van der Waals surface area contributed by atoms with Crippen LogP contribution in [-0.4, -0.2) is 39.1 Å². The monoisotopic (exact) mass is 408 g/mol. The molecular weight excluding hydrogens is 391 g/mol. The second-order valence-corrected chi connectivity index (χ2v) is 6.24. The van der Waals surface area contributed by atoms with Crippen LogP contribution in [0.4, 0.5) is 10.1 Å². The minimum Gasteiger partial charge on any atom is -0.493 e. The minimum absolute atomic E-state index is 0.0803. The Hall–Kier alpha value is -3.00. The number of benzene rings is 2. The summed E-state index contributed by atoms with van der Waals surface area (Å²) in [6, 6.07) is 7.48. The number of carbonyl (C=O) groups is 1. The lowest BCUT2D eigenvalue weighted by Gasteiger charge is -2.15. The van der Waals surface area contributed by atoms with Crippen LogP contribution < -0.4 is 19.5 Å². The van der Waals surface area contributed by atoms with Crippen LogP contribution in [0.5, 0.6) is 17.2 Å². The number of amides is 1. The smallest absolute Gasteiger partial charge is 0.268 e. The first-order valence-electron chi connectivity index (χ1n) is 8.26. The van der Waals surface area contributed by atoms with E-state index in [1.807, 2.05) is 0 Å². The molecule has 2 aromatic rings. The van der Waals surface area contributed by atoms with Crippen LogP contribution in [0.25, 0.3) is 0 Å². The summed E-state index contributed by atoms with van der Waals surface area (Å²) in [4.78, 5) is 17.8.